The van der Waals surface area contributed by atoms with E-state index in [9.17, 15) is 4.79 Å². The molecule has 0 saturated carbocycles. The minimum Gasteiger partial charge on any atom is -0.351 e. The van der Waals surface area contributed by atoms with Crippen molar-refractivity contribution < 1.29 is 4.79 Å². The third kappa shape index (κ3) is 8.57. The van der Waals surface area contributed by atoms with Crippen molar-refractivity contribution in [2.75, 3.05) is 13.1 Å². The monoisotopic (exact) mass is 352 g/mol. The van der Waals surface area contributed by atoms with Crippen LogP contribution in [0, 0.1) is 5.92 Å². The molecule has 1 unspecified atom stereocenters. The largest absolute Gasteiger partial charge is 0.351 e. The quantitative estimate of drug-likeness (QED) is 0.468. The van der Waals surface area contributed by atoms with Gasteiger partial charge >= 0.3 is 0 Å². The normalized spacial score (nSPS) is 19.1. The number of piperidine rings is 1. The smallest absolute Gasteiger partial charge is 0.223 e. The maximum atomic E-state index is 12.9. The van der Waals surface area contributed by atoms with Crippen molar-refractivity contribution in [1.29, 1.82) is 0 Å². The Kier molecular flexibility index (Phi) is 10.7. The van der Waals surface area contributed by atoms with E-state index in [0.717, 1.165) is 38.8 Å². The molecule has 1 fully saturated rings. The van der Waals surface area contributed by atoms with Gasteiger partial charge in [-0.1, -0.05) is 58.8 Å². The SMILES string of the molecule is CCCCCCCC(C)(CCCC)NC(=O)C1CCN(C(C)C)CC1. The van der Waals surface area contributed by atoms with Gasteiger partial charge in [-0.05, 0) is 59.5 Å². The van der Waals surface area contributed by atoms with Gasteiger partial charge in [-0.3, -0.25) is 4.79 Å². The van der Waals surface area contributed by atoms with Gasteiger partial charge in [-0.15, -0.1) is 0 Å². The van der Waals surface area contributed by atoms with Crippen molar-refractivity contribution >= 4 is 5.91 Å². The molecule has 148 valence electrons. The first-order valence-corrected chi connectivity index (χ1v) is 11.0. The van der Waals surface area contributed by atoms with Gasteiger partial charge in [-0.25, -0.2) is 0 Å². The number of carbonyl (C=O) groups is 1. The molecule has 0 bridgehead atoms. The average Bonchev–Trinajstić information content (AvgIpc) is 2.60. The summed E-state index contributed by atoms with van der Waals surface area (Å²) in [6.07, 6.45) is 13.2. The lowest BCUT2D eigenvalue weighted by molar-refractivity contribution is -0.128. The highest BCUT2D eigenvalue weighted by Gasteiger charge is 2.31. The summed E-state index contributed by atoms with van der Waals surface area (Å²) in [5, 5.41) is 3.48. The number of nitrogens with zero attached hydrogens (tertiary/aromatic N) is 1. The van der Waals surface area contributed by atoms with Crippen molar-refractivity contribution in [2.45, 2.75) is 117 Å². The lowest BCUT2D eigenvalue weighted by Gasteiger charge is -2.37. The Bertz CT molecular complexity index is 361. The number of amides is 1. The topological polar surface area (TPSA) is 32.3 Å². The number of hydrogen-bond donors (Lipinski definition) is 1. The molecule has 1 aliphatic heterocycles. The van der Waals surface area contributed by atoms with Gasteiger partial charge in [0.1, 0.15) is 0 Å². The molecule has 1 rings (SSSR count). The van der Waals surface area contributed by atoms with E-state index in [1.54, 1.807) is 0 Å². The molecular weight excluding hydrogens is 308 g/mol. The lowest BCUT2D eigenvalue weighted by atomic mass is 9.86. The number of hydrogen-bond acceptors (Lipinski definition) is 2. The van der Waals surface area contributed by atoms with Crippen LogP contribution in [0.1, 0.15) is 105 Å². The van der Waals surface area contributed by atoms with Crippen LogP contribution in [-0.2, 0) is 4.79 Å². The maximum absolute atomic E-state index is 12.9. The molecule has 1 N–H and O–H groups in total. The van der Waals surface area contributed by atoms with Crippen molar-refractivity contribution in [2.24, 2.45) is 5.92 Å². The van der Waals surface area contributed by atoms with E-state index in [2.05, 4.69) is 44.8 Å². The first-order chi connectivity index (χ1) is 11.9. The molecular formula is C22H44N2O. The van der Waals surface area contributed by atoms with Crippen LogP contribution in [0.15, 0.2) is 0 Å². The fourth-order valence-corrected chi connectivity index (χ4v) is 4.01. The highest BCUT2D eigenvalue weighted by atomic mass is 16.2. The molecule has 1 amide bonds. The van der Waals surface area contributed by atoms with E-state index in [0.29, 0.717) is 11.9 Å². The molecule has 0 aromatic heterocycles. The summed E-state index contributed by atoms with van der Waals surface area (Å²) in [7, 11) is 0. The summed E-state index contributed by atoms with van der Waals surface area (Å²) in [5.41, 5.74) is -0.00547. The van der Waals surface area contributed by atoms with Gasteiger partial charge in [0, 0.05) is 17.5 Å². The Morgan fingerprint density at radius 2 is 1.56 bits per heavy atom. The van der Waals surface area contributed by atoms with Crippen molar-refractivity contribution in [1.82, 2.24) is 10.2 Å². The summed E-state index contributed by atoms with van der Waals surface area (Å²) in [6.45, 7) is 13.4. The zero-order valence-electron chi connectivity index (χ0n) is 17.7. The van der Waals surface area contributed by atoms with E-state index in [1.807, 2.05) is 0 Å². The van der Waals surface area contributed by atoms with Crippen LogP contribution in [0.3, 0.4) is 0 Å². The molecule has 25 heavy (non-hydrogen) atoms. The molecule has 1 aliphatic rings. The average molecular weight is 353 g/mol. The Morgan fingerprint density at radius 1 is 1.00 bits per heavy atom. The number of unbranched alkanes of at least 4 members (excludes halogenated alkanes) is 5. The van der Waals surface area contributed by atoms with Crippen LogP contribution in [0.25, 0.3) is 0 Å². The van der Waals surface area contributed by atoms with Crippen LogP contribution in [0.2, 0.25) is 0 Å². The molecule has 0 spiro atoms. The van der Waals surface area contributed by atoms with E-state index in [-0.39, 0.29) is 11.5 Å². The van der Waals surface area contributed by atoms with Gasteiger partial charge in [0.15, 0.2) is 0 Å². The molecule has 3 nitrogen and oxygen atoms in total. The van der Waals surface area contributed by atoms with E-state index in [1.165, 1.54) is 44.9 Å². The van der Waals surface area contributed by atoms with Crippen molar-refractivity contribution in [3.05, 3.63) is 0 Å². The van der Waals surface area contributed by atoms with Crippen LogP contribution in [-0.4, -0.2) is 35.5 Å². The second-order valence-corrected chi connectivity index (χ2v) is 8.72. The van der Waals surface area contributed by atoms with Gasteiger partial charge < -0.3 is 10.2 Å². The van der Waals surface area contributed by atoms with Crippen LogP contribution < -0.4 is 5.32 Å². The standard InChI is InChI=1S/C22H44N2O/c1-6-8-10-11-12-16-22(5,15-9-7-2)23-21(25)20-13-17-24(18-14-20)19(3)4/h19-20H,6-18H2,1-5H3,(H,23,25). The zero-order chi connectivity index (χ0) is 18.7. The lowest BCUT2D eigenvalue weighted by Crippen LogP contribution is -2.50. The predicted octanol–water partition coefficient (Wildman–Crippen LogP) is 5.53. The number of carbonyl (C=O) groups excluding carboxylic acids is 1. The molecule has 1 atom stereocenters. The second-order valence-electron chi connectivity index (χ2n) is 8.72. The summed E-state index contributed by atoms with van der Waals surface area (Å²) >= 11 is 0. The van der Waals surface area contributed by atoms with Crippen LogP contribution >= 0.6 is 0 Å². The van der Waals surface area contributed by atoms with Gasteiger partial charge in [-0.2, -0.15) is 0 Å². The Balaban J connectivity index is 2.48. The van der Waals surface area contributed by atoms with Gasteiger partial charge in [0.05, 0.1) is 0 Å². The number of nitrogens with one attached hydrogen (secondary N) is 1. The molecule has 0 aromatic rings. The molecule has 0 radical (unpaired) electrons. The van der Waals surface area contributed by atoms with Gasteiger partial charge in [0.25, 0.3) is 0 Å². The minimum absolute atomic E-state index is 0.00547. The first-order valence-electron chi connectivity index (χ1n) is 11.0. The van der Waals surface area contributed by atoms with E-state index in [4.69, 9.17) is 0 Å². The first kappa shape index (κ1) is 22.5. The van der Waals surface area contributed by atoms with Crippen molar-refractivity contribution in [3.8, 4) is 0 Å². The van der Waals surface area contributed by atoms with Gasteiger partial charge in [0.2, 0.25) is 5.91 Å². The van der Waals surface area contributed by atoms with Crippen LogP contribution in [0.4, 0.5) is 0 Å². The summed E-state index contributed by atoms with van der Waals surface area (Å²) in [5.74, 6) is 0.534. The molecule has 1 heterocycles. The Labute approximate surface area is 157 Å². The summed E-state index contributed by atoms with van der Waals surface area (Å²) in [4.78, 5) is 15.4. The third-order valence-electron chi connectivity index (χ3n) is 5.97. The Morgan fingerprint density at radius 3 is 2.12 bits per heavy atom. The molecule has 3 heteroatoms. The molecule has 0 aliphatic carbocycles. The van der Waals surface area contributed by atoms with Crippen molar-refractivity contribution in [3.63, 3.8) is 0 Å². The van der Waals surface area contributed by atoms with E-state index < -0.39 is 0 Å². The molecule has 1 saturated heterocycles. The van der Waals surface area contributed by atoms with E-state index >= 15 is 0 Å². The zero-order valence-corrected chi connectivity index (χ0v) is 17.7. The number of likely N-dealkylation sites (tertiary alicyclic amines) is 1. The highest BCUT2D eigenvalue weighted by Crippen LogP contribution is 2.25. The summed E-state index contributed by atoms with van der Waals surface area (Å²) < 4.78 is 0. The third-order valence-corrected chi connectivity index (χ3v) is 5.97. The number of rotatable bonds is 12. The molecule has 0 aromatic carbocycles. The highest BCUT2D eigenvalue weighted by molar-refractivity contribution is 5.79. The Hall–Kier alpha value is -0.570. The predicted molar refractivity (Wildman–Crippen MR) is 109 cm³/mol. The second kappa shape index (κ2) is 11.9. The fourth-order valence-electron chi connectivity index (χ4n) is 4.01. The van der Waals surface area contributed by atoms with Crippen LogP contribution in [0.5, 0.6) is 0 Å². The maximum Gasteiger partial charge on any atom is 0.223 e. The fraction of sp³-hybridized carbons (Fsp3) is 0.955. The summed E-state index contributed by atoms with van der Waals surface area (Å²) in [6, 6.07) is 0.599. The minimum atomic E-state index is -0.00547.